The summed E-state index contributed by atoms with van der Waals surface area (Å²) in [5.41, 5.74) is 2.49. The Morgan fingerprint density at radius 1 is 1.12 bits per heavy atom. The quantitative estimate of drug-likeness (QED) is 0.743. The van der Waals surface area contributed by atoms with E-state index >= 15 is 0 Å². The van der Waals surface area contributed by atoms with Crippen LogP contribution in [0.4, 0.5) is 0 Å². The van der Waals surface area contributed by atoms with Crippen LogP contribution in [-0.4, -0.2) is 11.1 Å². The van der Waals surface area contributed by atoms with Gasteiger partial charge in [-0.2, -0.15) is 0 Å². The molecular weight excluding hydrogens is 336 g/mol. The van der Waals surface area contributed by atoms with Gasteiger partial charge in [0.1, 0.15) is 0 Å². The number of halogens is 1. The van der Waals surface area contributed by atoms with Crippen molar-refractivity contribution in [2.75, 3.05) is 0 Å². The Kier molecular flexibility index (Phi) is 4.06. The predicted octanol–water partition coefficient (Wildman–Crippen LogP) is 4.34. The fourth-order valence-electron chi connectivity index (χ4n) is 2.99. The van der Waals surface area contributed by atoms with Crippen LogP contribution in [0.5, 0.6) is 0 Å². The number of carbonyl (C=O) groups is 1. The molecule has 1 N–H and O–H groups in total. The fraction of sp³-hybridized carbons (Fsp3) is 0.200. The molecule has 4 nitrogen and oxygen atoms in total. The lowest BCUT2D eigenvalue weighted by molar-refractivity contribution is 0.0893. The lowest BCUT2D eigenvalue weighted by atomic mass is 10.0. The van der Waals surface area contributed by atoms with Gasteiger partial charge in [-0.05, 0) is 30.0 Å². The van der Waals surface area contributed by atoms with E-state index in [1.165, 1.54) is 0 Å². The summed E-state index contributed by atoms with van der Waals surface area (Å²) in [5, 5.41) is 7.77. The highest BCUT2D eigenvalue weighted by molar-refractivity contribution is 6.31. The topological polar surface area (TPSA) is 55.1 Å². The molecule has 4 rings (SSSR count). The van der Waals surface area contributed by atoms with Gasteiger partial charge in [0.2, 0.25) is 5.76 Å². The Morgan fingerprint density at radius 3 is 2.56 bits per heavy atom. The molecule has 1 saturated carbocycles. The van der Waals surface area contributed by atoms with Gasteiger partial charge < -0.3 is 9.84 Å². The van der Waals surface area contributed by atoms with E-state index in [1.54, 1.807) is 6.07 Å². The second-order valence-corrected chi connectivity index (χ2v) is 6.76. The van der Waals surface area contributed by atoms with E-state index in [9.17, 15) is 4.79 Å². The number of hydrogen-bond acceptors (Lipinski definition) is 3. The summed E-state index contributed by atoms with van der Waals surface area (Å²) in [6.07, 6.45) is 2.40. The molecule has 1 aliphatic carbocycles. The Hall–Kier alpha value is -2.59. The number of aromatic nitrogens is 1. The number of amides is 1. The van der Waals surface area contributed by atoms with Crippen LogP contribution in [0.15, 0.2) is 65.2 Å². The normalized spacial score (nSPS) is 14.9. The maximum Gasteiger partial charge on any atom is 0.290 e. The lowest BCUT2D eigenvalue weighted by Crippen LogP contribution is -2.34. The maximum atomic E-state index is 12.5. The Bertz CT molecular complexity index is 901. The van der Waals surface area contributed by atoms with Crippen molar-refractivity contribution in [1.29, 1.82) is 0 Å². The van der Waals surface area contributed by atoms with Gasteiger partial charge in [0.05, 0.1) is 11.2 Å². The summed E-state index contributed by atoms with van der Waals surface area (Å²) in [4.78, 5) is 12.5. The monoisotopic (exact) mass is 352 g/mol. The van der Waals surface area contributed by atoms with Gasteiger partial charge in [-0.15, -0.1) is 0 Å². The second kappa shape index (κ2) is 6.37. The first-order valence-corrected chi connectivity index (χ1v) is 8.61. The zero-order chi connectivity index (χ0) is 17.3. The van der Waals surface area contributed by atoms with Crippen LogP contribution in [0.3, 0.4) is 0 Å². The van der Waals surface area contributed by atoms with E-state index in [4.69, 9.17) is 16.1 Å². The van der Waals surface area contributed by atoms with Crippen LogP contribution in [0.1, 0.15) is 40.2 Å². The van der Waals surface area contributed by atoms with Gasteiger partial charge >= 0.3 is 0 Å². The highest BCUT2D eigenvalue weighted by Crippen LogP contribution is 2.45. The predicted molar refractivity (Wildman–Crippen MR) is 95.6 cm³/mol. The van der Waals surface area contributed by atoms with Crippen molar-refractivity contribution in [2.24, 2.45) is 0 Å². The van der Waals surface area contributed by atoms with Crippen molar-refractivity contribution in [2.45, 2.75) is 24.8 Å². The van der Waals surface area contributed by atoms with Crippen molar-refractivity contribution in [1.82, 2.24) is 10.5 Å². The van der Waals surface area contributed by atoms with E-state index in [-0.39, 0.29) is 17.2 Å². The third-order valence-electron chi connectivity index (χ3n) is 4.54. The van der Waals surface area contributed by atoms with Gasteiger partial charge in [0.25, 0.3) is 5.91 Å². The summed E-state index contributed by atoms with van der Waals surface area (Å²) in [5.74, 6) is -0.0106. The minimum absolute atomic E-state index is 0.226. The summed E-state index contributed by atoms with van der Waals surface area (Å²) < 4.78 is 5.24. The first-order chi connectivity index (χ1) is 12.2. The number of carbonyl (C=O) groups excluding carboxylic acids is 1. The van der Waals surface area contributed by atoms with Crippen molar-refractivity contribution in [3.63, 3.8) is 0 Å². The Morgan fingerprint density at radius 2 is 1.84 bits per heavy atom. The summed E-state index contributed by atoms with van der Waals surface area (Å²) in [6.45, 7) is 0. The van der Waals surface area contributed by atoms with Gasteiger partial charge in [-0.1, -0.05) is 65.3 Å². The number of rotatable bonds is 5. The molecule has 126 valence electrons. The van der Waals surface area contributed by atoms with Crippen molar-refractivity contribution < 1.29 is 9.32 Å². The lowest BCUT2D eigenvalue weighted by Gasteiger charge is -2.16. The van der Waals surface area contributed by atoms with Crippen molar-refractivity contribution in [3.05, 3.63) is 88.3 Å². The zero-order valence-electron chi connectivity index (χ0n) is 13.5. The van der Waals surface area contributed by atoms with Crippen LogP contribution in [0, 0.1) is 0 Å². The Balaban J connectivity index is 1.47. The smallest absolute Gasteiger partial charge is 0.290 e. The molecule has 0 saturated heterocycles. The van der Waals surface area contributed by atoms with Gasteiger partial charge in [-0.25, -0.2) is 0 Å². The molecule has 0 bridgehead atoms. The molecular formula is C20H17ClN2O2. The third kappa shape index (κ3) is 3.30. The molecule has 2 aromatic carbocycles. The molecule has 1 fully saturated rings. The minimum atomic E-state index is -0.270. The summed E-state index contributed by atoms with van der Waals surface area (Å²) in [7, 11) is 0. The average molecular weight is 353 g/mol. The van der Waals surface area contributed by atoms with Crippen LogP contribution in [0.2, 0.25) is 5.02 Å². The SMILES string of the molecule is O=C(NC1(c2ccccc2)CC1)c1cc(Cc2ccccc2Cl)no1. The number of nitrogens with one attached hydrogen (secondary N) is 1. The van der Waals surface area contributed by atoms with E-state index in [0.717, 1.165) is 24.0 Å². The minimum Gasteiger partial charge on any atom is -0.351 e. The number of hydrogen-bond donors (Lipinski definition) is 1. The molecule has 1 aromatic heterocycles. The van der Waals surface area contributed by atoms with E-state index in [0.29, 0.717) is 17.1 Å². The fourth-order valence-corrected chi connectivity index (χ4v) is 3.19. The molecule has 0 spiro atoms. The van der Waals surface area contributed by atoms with Crippen LogP contribution >= 0.6 is 11.6 Å². The zero-order valence-corrected chi connectivity index (χ0v) is 14.3. The van der Waals surface area contributed by atoms with Crippen molar-refractivity contribution >= 4 is 17.5 Å². The standard InChI is InChI=1S/C20H17ClN2O2/c21-17-9-5-4-6-14(17)12-16-13-18(25-23-16)19(24)22-20(10-11-20)15-7-2-1-3-8-15/h1-9,13H,10-12H2,(H,22,24). The Labute approximate surface area is 150 Å². The largest absolute Gasteiger partial charge is 0.351 e. The van der Waals surface area contributed by atoms with E-state index in [1.807, 2.05) is 54.6 Å². The van der Waals surface area contributed by atoms with Gasteiger partial charge in [0.15, 0.2) is 0 Å². The second-order valence-electron chi connectivity index (χ2n) is 6.35. The molecule has 5 heteroatoms. The molecule has 1 aliphatic rings. The molecule has 0 atom stereocenters. The molecule has 1 heterocycles. The third-order valence-corrected chi connectivity index (χ3v) is 4.91. The highest BCUT2D eigenvalue weighted by atomic mass is 35.5. The molecule has 0 radical (unpaired) electrons. The first kappa shape index (κ1) is 15.9. The van der Waals surface area contributed by atoms with Crippen LogP contribution in [-0.2, 0) is 12.0 Å². The van der Waals surface area contributed by atoms with Gasteiger partial charge in [-0.3, -0.25) is 4.79 Å². The maximum absolute atomic E-state index is 12.5. The molecule has 0 aliphatic heterocycles. The molecule has 3 aromatic rings. The number of benzene rings is 2. The summed E-state index contributed by atoms with van der Waals surface area (Å²) >= 11 is 6.17. The van der Waals surface area contributed by atoms with Crippen molar-refractivity contribution in [3.8, 4) is 0 Å². The summed E-state index contributed by atoms with van der Waals surface area (Å²) in [6, 6.07) is 19.3. The van der Waals surface area contributed by atoms with Crippen LogP contribution in [0.25, 0.3) is 0 Å². The van der Waals surface area contributed by atoms with Gasteiger partial charge in [0, 0.05) is 17.5 Å². The van der Waals surface area contributed by atoms with Crippen LogP contribution < -0.4 is 5.32 Å². The highest BCUT2D eigenvalue weighted by Gasteiger charge is 2.46. The average Bonchev–Trinajstić information content (AvgIpc) is 3.26. The van der Waals surface area contributed by atoms with E-state index < -0.39 is 0 Å². The van der Waals surface area contributed by atoms with E-state index in [2.05, 4.69) is 10.5 Å². The molecule has 0 unspecified atom stereocenters. The first-order valence-electron chi connectivity index (χ1n) is 8.23. The molecule has 25 heavy (non-hydrogen) atoms. The number of nitrogens with zero attached hydrogens (tertiary/aromatic N) is 1. The molecule has 1 amide bonds.